The zero-order chi connectivity index (χ0) is 28.7. The number of aliphatic hydroxyl groups is 3. The van der Waals surface area contributed by atoms with Crippen LogP contribution in [0.5, 0.6) is 0 Å². The van der Waals surface area contributed by atoms with Gasteiger partial charge in [0.25, 0.3) is 0 Å². The lowest BCUT2D eigenvalue weighted by molar-refractivity contribution is -0.0145. The Balaban J connectivity index is 4.09. The average molecular weight is 515 g/mol. The predicted molar refractivity (Wildman–Crippen MR) is 137 cm³/mol. The topological polar surface area (TPSA) is 127 Å². The van der Waals surface area contributed by atoms with E-state index in [9.17, 15) is 15.0 Å². The van der Waals surface area contributed by atoms with Gasteiger partial charge in [-0.05, 0) is 47.4 Å². The van der Waals surface area contributed by atoms with Crippen molar-refractivity contribution in [3.8, 4) is 107 Å². The summed E-state index contributed by atoms with van der Waals surface area (Å²) < 4.78 is 26.8. The van der Waals surface area contributed by atoms with Gasteiger partial charge in [0, 0.05) is 53.9 Å². The van der Waals surface area contributed by atoms with Crippen LogP contribution >= 0.6 is 0 Å². The van der Waals surface area contributed by atoms with Crippen LogP contribution in [0, 0.1) is 107 Å². The van der Waals surface area contributed by atoms with Crippen LogP contribution < -0.4 is 5.32 Å². The summed E-state index contributed by atoms with van der Waals surface area (Å²) in [4.78, 5) is 11.6. The molecule has 0 saturated heterocycles. The van der Waals surface area contributed by atoms with Gasteiger partial charge in [-0.15, -0.1) is 6.42 Å². The van der Waals surface area contributed by atoms with Crippen molar-refractivity contribution in [2.45, 2.75) is 12.2 Å². The van der Waals surface area contributed by atoms with Gasteiger partial charge < -0.3 is 39.6 Å². The third kappa shape index (κ3) is 24.0. The van der Waals surface area contributed by atoms with Gasteiger partial charge in [0.1, 0.15) is 18.8 Å². The zero-order valence-electron chi connectivity index (χ0n) is 21.2. The number of rotatable bonds is 14. The lowest BCUT2D eigenvalue weighted by Crippen LogP contribution is -2.32. The quantitative estimate of drug-likeness (QED) is 0.156. The molecule has 192 valence electrons. The highest BCUT2D eigenvalue weighted by Crippen LogP contribution is 1.92. The Bertz CT molecular complexity index is 1310. The Labute approximate surface area is 224 Å². The van der Waals surface area contributed by atoms with Crippen LogP contribution in [0.4, 0.5) is 4.79 Å². The van der Waals surface area contributed by atoms with Crippen molar-refractivity contribution in [2.24, 2.45) is 0 Å². The van der Waals surface area contributed by atoms with E-state index >= 15 is 0 Å². The minimum atomic E-state index is -0.873. The first-order valence-corrected chi connectivity index (χ1v) is 10.7. The van der Waals surface area contributed by atoms with E-state index in [4.69, 9.17) is 26.8 Å². The fourth-order valence-corrected chi connectivity index (χ4v) is 1.64. The lowest BCUT2D eigenvalue weighted by atomic mass is 10.4. The largest absolute Gasteiger partial charge is 0.445 e. The van der Waals surface area contributed by atoms with Gasteiger partial charge in [-0.25, -0.2) is 4.79 Å². The Hall–Kier alpha value is -5.09. The number of carbonyl (C=O) groups excluding carboxylic acids is 1. The number of aliphatic hydroxyl groups excluding tert-OH is 3. The summed E-state index contributed by atoms with van der Waals surface area (Å²) in [5, 5.41) is 25.0. The van der Waals surface area contributed by atoms with Crippen molar-refractivity contribution >= 4 is 6.09 Å². The molecule has 0 rings (SSSR count). The van der Waals surface area contributed by atoms with Crippen molar-refractivity contribution in [1.29, 1.82) is 1.43 Å². The Morgan fingerprint density at radius 3 is 1.89 bits per heavy atom. The summed E-state index contributed by atoms with van der Waals surface area (Å²) in [7, 11) is 0. The molecule has 9 heteroatoms. The molecule has 0 aliphatic rings. The van der Waals surface area contributed by atoms with Gasteiger partial charge in [0.15, 0.2) is 6.10 Å². The van der Waals surface area contributed by atoms with Gasteiger partial charge in [-0.2, -0.15) is 0 Å². The maximum Gasteiger partial charge on any atom is 0.407 e. The Morgan fingerprint density at radius 2 is 1.34 bits per heavy atom. The number of amides is 1. The maximum absolute atomic E-state index is 11.6. The summed E-state index contributed by atoms with van der Waals surface area (Å²) in [6.07, 6.45) is 4.73. The molecule has 0 bridgehead atoms. The highest BCUT2D eigenvalue weighted by Gasteiger charge is 2.11. The van der Waals surface area contributed by atoms with Crippen molar-refractivity contribution in [3.63, 3.8) is 0 Å². The molecule has 0 heterocycles. The van der Waals surface area contributed by atoms with E-state index in [1.54, 1.807) is 0 Å². The number of terminal acetylenes is 1. The second kappa shape index (κ2) is 26.5. The summed E-state index contributed by atoms with van der Waals surface area (Å²) in [5.41, 5.74) is 0. The number of nitrogens with one attached hydrogen (secondary N) is 1. The molecule has 1 amide bonds. The second-order valence-electron chi connectivity index (χ2n) is 6.08. The maximum atomic E-state index is 11.6. The third-order valence-electron chi connectivity index (χ3n) is 3.22. The van der Waals surface area contributed by atoms with Crippen LogP contribution in [0.15, 0.2) is 0 Å². The molecule has 0 saturated carbocycles. The molecular formula is C29H23NO8. The van der Waals surface area contributed by atoms with Crippen LogP contribution in [0.3, 0.4) is 0 Å². The van der Waals surface area contributed by atoms with E-state index in [0.717, 1.165) is 0 Å². The molecule has 4 N–H and O–H groups in total. The SMILES string of the molecule is [2H]OCC(O)COCCOCCNC(=O)OCC(CO)OC#CC#CC#CC#CC#CC#CC#CC#CC#C. The summed E-state index contributed by atoms with van der Waals surface area (Å²) in [5.74, 6) is 38.5. The first-order chi connectivity index (χ1) is 19.1. The molecule has 0 fully saturated rings. The second-order valence-corrected chi connectivity index (χ2v) is 6.08. The number of carbonyl (C=O) groups is 1. The van der Waals surface area contributed by atoms with E-state index < -0.39 is 24.9 Å². The standard InChI is InChI=1S/C29H23NO8/c1-2-3-4-5-6-7-8-9-10-11-12-13-14-15-16-17-19-37-28(24-32)26-38-29(34)30-18-20-35-21-22-36-25-27(33)23-31/h1,27-28,31-33H,18,20-26H2,(H,30,34)/i31D. The molecule has 0 radical (unpaired) electrons. The predicted octanol–water partition coefficient (Wildman–Crippen LogP) is -1.91. The van der Waals surface area contributed by atoms with Gasteiger partial charge in [0.05, 0.1) is 39.6 Å². The molecule has 38 heavy (non-hydrogen) atoms. The van der Waals surface area contributed by atoms with Gasteiger partial charge in [-0.3, -0.25) is 0 Å². The van der Waals surface area contributed by atoms with E-state index in [-0.39, 0.29) is 46.2 Å². The Morgan fingerprint density at radius 1 is 0.789 bits per heavy atom. The van der Waals surface area contributed by atoms with Crippen molar-refractivity contribution in [2.75, 3.05) is 52.8 Å². The minimum absolute atomic E-state index is 0.0265. The fourth-order valence-electron chi connectivity index (χ4n) is 1.64. The highest BCUT2D eigenvalue weighted by molar-refractivity contribution is 5.67. The molecule has 9 nitrogen and oxygen atoms in total. The minimum Gasteiger partial charge on any atom is -0.445 e. The molecule has 2 atom stereocenters. The van der Waals surface area contributed by atoms with Gasteiger partial charge >= 0.3 is 6.09 Å². The van der Waals surface area contributed by atoms with Crippen LogP contribution in [-0.4, -0.2) is 87.8 Å². The Kier molecular flexibility index (Phi) is 21.6. The molecule has 0 aromatic carbocycles. The summed E-state index contributed by atoms with van der Waals surface area (Å²) >= 11 is 0. The normalized spacial score (nSPS) is 9.55. The third-order valence-corrected chi connectivity index (χ3v) is 3.22. The number of ether oxygens (including phenoxy) is 4. The van der Waals surface area contributed by atoms with Crippen molar-refractivity contribution < 1.29 is 39.1 Å². The molecular weight excluding hydrogens is 490 g/mol. The van der Waals surface area contributed by atoms with E-state index in [2.05, 4.69) is 111 Å². The summed E-state index contributed by atoms with van der Waals surface area (Å²) in [6, 6.07) is 0. The van der Waals surface area contributed by atoms with Crippen LogP contribution in [0.2, 0.25) is 0 Å². The smallest absolute Gasteiger partial charge is 0.407 e. The first kappa shape index (κ1) is 30.9. The lowest BCUT2D eigenvalue weighted by Gasteiger charge is -2.13. The molecule has 0 aliphatic carbocycles. The fraction of sp³-hybridized carbons (Fsp3) is 0.345. The van der Waals surface area contributed by atoms with Crippen LogP contribution in [0.25, 0.3) is 0 Å². The van der Waals surface area contributed by atoms with Crippen LogP contribution in [0.1, 0.15) is 0 Å². The van der Waals surface area contributed by atoms with E-state index in [0.29, 0.717) is 0 Å². The van der Waals surface area contributed by atoms with Crippen LogP contribution in [-0.2, 0) is 18.9 Å². The van der Waals surface area contributed by atoms with Gasteiger partial charge in [-0.1, -0.05) is 0 Å². The molecule has 0 aromatic heterocycles. The molecule has 0 spiro atoms. The molecule has 0 aromatic rings. The highest BCUT2D eigenvalue weighted by atomic mass is 16.6. The molecule has 0 aliphatic heterocycles. The van der Waals surface area contributed by atoms with Crippen molar-refractivity contribution in [3.05, 3.63) is 0 Å². The van der Waals surface area contributed by atoms with Crippen molar-refractivity contribution in [1.82, 2.24) is 5.32 Å². The number of hydrogen-bond donors (Lipinski definition) is 4. The number of hydrogen-bond acceptors (Lipinski definition) is 8. The first-order valence-electron chi connectivity index (χ1n) is 11.1. The average Bonchev–Trinajstić information content (AvgIpc) is 2.93. The van der Waals surface area contributed by atoms with E-state index in [1.807, 2.05) is 0 Å². The van der Waals surface area contributed by atoms with Gasteiger partial charge in [0.2, 0.25) is 1.43 Å². The zero-order valence-corrected chi connectivity index (χ0v) is 20.2. The van der Waals surface area contributed by atoms with E-state index in [1.165, 1.54) is 0 Å². The molecule has 2 unspecified atom stereocenters. The monoisotopic (exact) mass is 514 g/mol. The number of alkyl carbamates (subject to hydrolysis) is 1. The summed E-state index contributed by atoms with van der Waals surface area (Å²) in [6.45, 7) is 0.0806.